The van der Waals surface area contributed by atoms with Crippen molar-refractivity contribution in [3.63, 3.8) is 0 Å². The lowest BCUT2D eigenvalue weighted by molar-refractivity contribution is 0.0719. The fourth-order valence-electron chi connectivity index (χ4n) is 2.66. The van der Waals surface area contributed by atoms with Gasteiger partial charge in [0.15, 0.2) is 0 Å². The second-order valence-corrected chi connectivity index (χ2v) is 4.82. The van der Waals surface area contributed by atoms with Crippen LogP contribution in [-0.4, -0.2) is 49.7 Å². The molecule has 1 heterocycles. The van der Waals surface area contributed by atoms with Crippen LogP contribution < -0.4 is 10.1 Å². The predicted octanol–water partition coefficient (Wildman–Crippen LogP) is 2.42. The van der Waals surface area contributed by atoms with Crippen molar-refractivity contribution in [1.29, 1.82) is 0 Å². The molecule has 0 spiro atoms. The summed E-state index contributed by atoms with van der Waals surface area (Å²) in [6.07, 6.45) is -2.74. The Morgan fingerprint density at radius 1 is 1.33 bits per heavy atom. The number of aromatic hydroxyl groups is 1. The van der Waals surface area contributed by atoms with Crippen LogP contribution in [0.4, 0.5) is 8.78 Å². The number of phenolic OH excluding ortho intramolecular Hbond substituents is 1. The molecule has 1 aromatic rings. The lowest BCUT2D eigenvalue weighted by Crippen LogP contribution is -2.45. The molecule has 1 fully saturated rings. The molecule has 7 heteroatoms. The van der Waals surface area contributed by atoms with Gasteiger partial charge >= 0.3 is 0 Å². The molecule has 21 heavy (non-hydrogen) atoms. The van der Waals surface area contributed by atoms with Crippen LogP contribution in [0, 0.1) is 0 Å². The Labute approximate surface area is 129 Å². The van der Waals surface area contributed by atoms with E-state index in [1.807, 2.05) is 4.90 Å². The molecule has 120 valence electrons. The molecule has 0 bridgehead atoms. The fourth-order valence-corrected chi connectivity index (χ4v) is 2.66. The first-order chi connectivity index (χ1) is 9.63. The fraction of sp³-hybridized carbons (Fsp3) is 0.571. The van der Waals surface area contributed by atoms with E-state index in [2.05, 4.69) is 5.32 Å². The van der Waals surface area contributed by atoms with E-state index in [0.717, 1.165) is 13.1 Å². The van der Waals surface area contributed by atoms with E-state index >= 15 is 0 Å². The summed E-state index contributed by atoms with van der Waals surface area (Å²) in [6.45, 7) is 2.87. The Kier molecular flexibility index (Phi) is 7.14. The largest absolute Gasteiger partial charge is 0.507 e. The van der Waals surface area contributed by atoms with E-state index in [0.29, 0.717) is 24.4 Å². The number of phenols is 1. The van der Waals surface area contributed by atoms with Crippen LogP contribution >= 0.6 is 12.4 Å². The van der Waals surface area contributed by atoms with E-state index in [1.165, 1.54) is 13.2 Å². The van der Waals surface area contributed by atoms with Crippen LogP contribution in [0.1, 0.15) is 18.0 Å². The number of halogens is 3. The summed E-state index contributed by atoms with van der Waals surface area (Å²) in [4.78, 5) is 1.97. The molecule has 2 N–H and O–H groups in total. The van der Waals surface area contributed by atoms with Crippen molar-refractivity contribution in [1.82, 2.24) is 10.2 Å². The van der Waals surface area contributed by atoms with Gasteiger partial charge in [0.05, 0.1) is 12.7 Å². The summed E-state index contributed by atoms with van der Waals surface area (Å²) >= 11 is 0. The molecule has 1 atom stereocenters. The van der Waals surface area contributed by atoms with Crippen molar-refractivity contribution in [3.8, 4) is 11.5 Å². The van der Waals surface area contributed by atoms with E-state index in [1.54, 1.807) is 12.1 Å². The number of nitrogens with one attached hydrogen (secondary N) is 1. The second-order valence-electron chi connectivity index (χ2n) is 4.82. The molecule has 1 aliphatic heterocycles. The molecule has 0 saturated carbocycles. The van der Waals surface area contributed by atoms with Crippen molar-refractivity contribution < 1.29 is 18.6 Å². The number of nitrogens with zero attached hydrogens (tertiary/aromatic N) is 1. The highest BCUT2D eigenvalue weighted by Crippen LogP contribution is 2.39. The third kappa shape index (κ3) is 4.43. The van der Waals surface area contributed by atoms with Crippen LogP contribution in [-0.2, 0) is 0 Å². The Morgan fingerprint density at radius 3 is 2.57 bits per heavy atom. The van der Waals surface area contributed by atoms with Crippen LogP contribution in [0.25, 0.3) is 0 Å². The molecule has 0 radical (unpaired) electrons. The van der Waals surface area contributed by atoms with Crippen molar-refractivity contribution in [2.75, 3.05) is 33.3 Å². The summed E-state index contributed by atoms with van der Waals surface area (Å²) in [6, 6.07) is 4.32. The molecule has 0 unspecified atom stereocenters. The van der Waals surface area contributed by atoms with Crippen LogP contribution in [0.3, 0.4) is 0 Å². The van der Waals surface area contributed by atoms with E-state index in [9.17, 15) is 13.9 Å². The maximum absolute atomic E-state index is 12.9. The van der Waals surface area contributed by atoms with Gasteiger partial charge in [-0.05, 0) is 12.1 Å². The smallest absolute Gasteiger partial charge is 0.240 e. The Hall–Kier alpha value is -1.11. The lowest BCUT2D eigenvalue weighted by atomic mass is 9.99. The van der Waals surface area contributed by atoms with Gasteiger partial charge in [-0.1, -0.05) is 6.07 Å². The number of alkyl halides is 2. The van der Waals surface area contributed by atoms with Gasteiger partial charge in [0.1, 0.15) is 11.5 Å². The SMILES string of the molecule is COc1cccc(O)c1[C@@H](CC(F)F)N1CCNCC1.Cl. The lowest BCUT2D eigenvalue weighted by Gasteiger charge is -2.35. The van der Waals surface area contributed by atoms with Gasteiger partial charge in [-0.2, -0.15) is 0 Å². The zero-order valence-corrected chi connectivity index (χ0v) is 12.7. The van der Waals surface area contributed by atoms with Crippen LogP contribution in [0.2, 0.25) is 0 Å². The van der Waals surface area contributed by atoms with Gasteiger partial charge in [0.25, 0.3) is 0 Å². The highest BCUT2D eigenvalue weighted by Gasteiger charge is 2.29. The molecule has 1 saturated heterocycles. The summed E-state index contributed by atoms with van der Waals surface area (Å²) in [5, 5.41) is 13.3. The molecular weight excluding hydrogens is 302 g/mol. The Balaban J connectivity index is 0.00000220. The van der Waals surface area contributed by atoms with Crippen molar-refractivity contribution in [2.45, 2.75) is 18.9 Å². The van der Waals surface area contributed by atoms with Gasteiger partial charge in [-0.3, -0.25) is 4.90 Å². The van der Waals surface area contributed by atoms with Gasteiger partial charge < -0.3 is 15.2 Å². The standard InChI is InChI=1S/C14H20F2N2O2.ClH/c1-20-12-4-2-3-11(19)14(12)10(9-13(15)16)18-7-5-17-6-8-18;/h2-4,10,13,17,19H,5-9H2,1H3;1H/t10-;/m1./s1. The minimum absolute atomic E-state index is 0. The van der Waals surface area contributed by atoms with Crippen molar-refractivity contribution in [2.24, 2.45) is 0 Å². The van der Waals surface area contributed by atoms with Crippen molar-refractivity contribution >= 4 is 12.4 Å². The van der Waals surface area contributed by atoms with Crippen molar-refractivity contribution in [3.05, 3.63) is 23.8 Å². The topological polar surface area (TPSA) is 44.7 Å². The van der Waals surface area contributed by atoms with Gasteiger partial charge in [0.2, 0.25) is 6.43 Å². The normalized spacial score (nSPS) is 17.3. The zero-order chi connectivity index (χ0) is 14.5. The number of piperazine rings is 1. The maximum Gasteiger partial charge on any atom is 0.240 e. The minimum atomic E-state index is -2.43. The number of hydrogen-bond acceptors (Lipinski definition) is 4. The average molecular weight is 323 g/mol. The molecule has 4 nitrogen and oxygen atoms in total. The summed E-state index contributed by atoms with van der Waals surface area (Å²) in [7, 11) is 1.48. The molecule has 0 amide bonds. The first-order valence-corrected chi connectivity index (χ1v) is 6.72. The quantitative estimate of drug-likeness (QED) is 0.874. The first kappa shape index (κ1) is 17.9. The highest BCUT2D eigenvalue weighted by molar-refractivity contribution is 5.85. The Bertz CT molecular complexity index is 443. The van der Waals surface area contributed by atoms with E-state index in [4.69, 9.17) is 4.74 Å². The first-order valence-electron chi connectivity index (χ1n) is 6.72. The van der Waals surface area contributed by atoms with E-state index in [-0.39, 0.29) is 24.6 Å². The second kappa shape index (κ2) is 8.36. The minimum Gasteiger partial charge on any atom is -0.507 e. The number of rotatable bonds is 5. The Morgan fingerprint density at radius 2 is 2.00 bits per heavy atom. The summed E-state index contributed by atoms with van der Waals surface area (Å²) in [5.41, 5.74) is 0.456. The molecule has 1 aliphatic rings. The number of methoxy groups -OCH3 is 1. The number of ether oxygens (including phenoxy) is 1. The van der Waals surface area contributed by atoms with Gasteiger partial charge in [0, 0.05) is 38.6 Å². The zero-order valence-electron chi connectivity index (χ0n) is 11.9. The molecule has 0 aliphatic carbocycles. The van der Waals surface area contributed by atoms with E-state index < -0.39 is 12.5 Å². The number of benzene rings is 1. The molecule has 0 aromatic heterocycles. The molecule has 2 rings (SSSR count). The summed E-state index contributed by atoms with van der Waals surface area (Å²) in [5.74, 6) is 0.461. The monoisotopic (exact) mass is 322 g/mol. The maximum atomic E-state index is 12.9. The van der Waals surface area contributed by atoms with Crippen LogP contribution in [0.15, 0.2) is 18.2 Å². The van der Waals surface area contributed by atoms with Gasteiger partial charge in [-0.25, -0.2) is 8.78 Å². The highest BCUT2D eigenvalue weighted by atomic mass is 35.5. The number of hydrogen-bond donors (Lipinski definition) is 2. The molecular formula is C14H21ClF2N2O2. The summed E-state index contributed by atoms with van der Waals surface area (Å²) < 4.78 is 31.1. The third-order valence-corrected chi connectivity index (χ3v) is 3.59. The predicted molar refractivity (Wildman–Crippen MR) is 79.7 cm³/mol. The van der Waals surface area contributed by atoms with Gasteiger partial charge in [-0.15, -0.1) is 12.4 Å². The average Bonchev–Trinajstić information content (AvgIpc) is 2.45. The third-order valence-electron chi connectivity index (χ3n) is 3.59. The molecule has 1 aromatic carbocycles. The van der Waals surface area contributed by atoms with Crippen LogP contribution in [0.5, 0.6) is 11.5 Å².